The van der Waals surface area contributed by atoms with Gasteiger partial charge in [0.1, 0.15) is 21.2 Å². The number of nitrogens with zero attached hydrogens (tertiary/aromatic N) is 1. The lowest BCUT2D eigenvalue weighted by Gasteiger charge is -2.29. The Balaban J connectivity index is 1.60. The Kier molecular flexibility index (Phi) is 11.2. The van der Waals surface area contributed by atoms with Gasteiger partial charge in [-0.25, -0.2) is 18.4 Å². The van der Waals surface area contributed by atoms with Crippen molar-refractivity contribution in [1.82, 2.24) is 0 Å². The summed E-state index contributed by atoms with van der Waals surface area (Å²) in [5.41, 5.74) is -3.53. The number of hydrogen-bond acceptors (Lipinski definition) is 6. The SMILES string of the molecule is CC(C)(C)OC(=O)N(C(=O)OC(C)(C)C)c1c(F)ccc(NC(=O)c2cc(NC(=O)C3C(c4cc(Cl)cc(Br)c4)C3(Cl)Cl)ccc2Cl)c1F. The quantitative estimate of drug-likeness (QED) is 0.239. The lowest BCUT2D eigenvalue weighted by molar-refractivity contribution is -0.117. The molecule has 0 heterocycles. The van der Waals surface area contributed by atoms with E-state index in [1.165, 1.54) is 59.7 Å². The first-order valence-electron chi connectivity index (χ1n) is 14.5. The van der Waals surface area contributed by atoms with Crippen molar-refractivity contribution in [2.45, 2.75) is 63.0 Å². The molecular weight excluding hydrogens is 794 g/mol. The van der Waals surface area contributed by atoms with Crippen LogP contribution >= 0.6 is 62.3 Å². The van der Waals surface area contributed by atoms with Gasteiger partial charge in [-0.05, 0) is 95.6 Å². The van der Waals surface area contributed by atoms with E-state index >= 15 is 8.78 Å². The molecule has 4 rings (SSSR count). The maximum atomic E-state index is 16.0. The summed E-state index contributed by atoms with van der Waals surface area (Å²) in [5, 5.41) is 5.25. The molecule has 1 saturated carbocycles. The highest BCUT2D eigenvalue weighted by atomic mass is 79.9. The summed E-state index contributed by atoms with van der Waals surface area (Å²) in [5.74, 6) is -5.81. The second-order valence-electron chi connectivity index (χ2n) is 13.0. The smallest absolute Gasteiger partial charge is 0.424 e. The van der Waals surface area contributed by atoms with Crippen molar-refractivity contribution >= 4 is 103 Å². The molecule has 2 N–H and O–H groups in total. The molecule has 0 aromatic heterocycles. The molecule has 3 aromatic rings. The van der Waals surface area contributed by atoms with Gasteiger partial charge in [0.15, 0.2) is 11.6 Å². The van der Waals surface area contributed by atoms with E-state index in [9.17, 15) is 19.2 Å². The molecule has 0 radical (unpaired) electrons. The minimum absolute atomic E-state index is 0.0704. The molecule has 0 bridgehead atoms. The lowest BCUT2D eigenvalue weighted by atomic mass is 10.1. The number of amides is 4. The Morgan fingerprint density at radius 3 is 2.00 bits per heavy atom. The van der Waals surface area contributed by atoms with Gasteiger partial charge in [-0.2, -0.15) is 4.90 Å². The molecule has 49 heavy (non-hydrogen) atoms. The minimum atomic E-state index is -1.49. The van der Waals surface area contributed by atoms with Crippen molar-refractivity contribution < 1.29 is 37.4 Å². The van der Waals surface area contributed by atoms with Gasteiger partial charge in [0.25, 0.3) is 5.91 Å². The predicted octanol–water partition coefficient (Wildman–Crippen LogP) is 10.5. The molecule has 3 aromatic carbocycles. The molecule has 0 saturated heterocycles. The number of halogens is 7. The third-order valence-electron chi connectivity index (χ3n) is 6.75. The molecule has 1 aliphatic rings. The molecule has 4 amide bonds. The second kappa shape index (κ2) is 14.2. The number of rotatable bonds is 6. The third kappa shape index (κ3) is 9.15. The fourth-order valence-electron chi connectivity index (χ4n) is 4.72. The fourth-order valence-corrected chi connectivity index (χ4v) is 6.64. The van der Waals surface area contributed by atoms with Gasteiger partial charge in [0, 0.05) is 21.1 Å². The van der Waals surface area contributed by atoms with Gasteiger partial charge in [-0.15, -0.1) is 23.2 Å². The number of ether oxygens (including phenoxy) is 2. The summed E-state index contributed by atoms with van der Waals surface area (Å²) >= 11 is 28.7. The van der Waals surface area contributed by atoms with Gasteiger partial charge in [-0.1, -0.05) is 39.1 Å². The van der Waals surface area contributed by atoms with Crippen molar-refractivity contribution in [3.05, 3.63) is 85.8 Å². The number of nitrogens with one attached hydrogen (secondary N) is 2. The number of alkyl halides is 2. The monoisotopic (exact) mass is 821 g/mol. The molecule has 1 aliphatic carbocycles. The Hall–Kier alpha value is -3.16. The minimum Gasteiger partial charge on any atom is -0.443 e. The number of benzene rings is 3. The molecular formula is C33H30BrCl4F2N3O6. The topological polar surface area (TPSA) is 114 Å². The van der Waals surface area contributed by atoms with Crippen LogP contribution < -0.4 is 15.5 Å². The Labute approximate surface area is 309 Å². The zero-order chi connectivity index (χ0) is 36.8. The lowest BCUT2D eigenvalue weighted by Crippen LogP contribution is -2.44. The Morgan fingerprint density at radius 2 is 1.45 bits per heavy atom. The molecule has 1 fully saturated rings. The summed E-state index contributed by atoms with van der Waals surface area (Å²) in [6, 6.07) is 10.7. The first-order valence-corrected chi connectivity index (χ1v) is 16.8. The Bertz CT molecular complexity index is 1800. The summed E-state index contributed by atoms with van der Waals surface area (Å²) in [6.07, 6.45) is -2.85. The van der Waals surface area contributed by atoms with Crippen LogP contribution in [-0.2, 0) is 14.3 Å². The fraction of sp³-hybridized carbons (Fsp3) is 0.333. The number of hydrogen-bond donors (Lipinski definition) is 2. The van der Waals surface area contributed by atoms with Crippen LogP contribution in [0.1, 0.15) is 63.4 Å². The van der Waals surface area contributed by atoms with Crippen LogP contribution in [-0.4, -0.2) is 39.5 Å². The van der Waals surface area contributed by atoms with Crippen LogP contribution in [0.25, 0.3) is 0 Å². The first-order chi connectivity index (χ1) is 22.5. The van der Waals surface area contributed by atoms with Crippen molar-refractivity contribution in [1.29, 1.82) is 0 Å². The van der Waals surface area contributed by atoms with Crippen molar-refractivity contribution in [2.75, 3.05) is 15.5 Å². The van der Waals surface area contributed by atoms with Crippen molar-refractivity contribution in [3.63, 3.8) is 0 Å². The maximum absolute atomic E-state index is 16.0. The van der Waals surface area contributed by atoms with Gasteiger partial charge < -0.3 is 20.1 Å². The van der Waals surface area contributed by atoms with E-state index in [2.05, 4.69) is 26.6 Å². The van der Waals surface area contributed by atoms with Crippen molar-refractivity contribution in [2.24, 2.45) is 5.92 Å². The number of carbonyl (C=O) groups is 4. The standard InChI is InChI=1S/C33H30BrCl4F2N3O6/c1-31(2,3)48-29(46)43(30(47)49-32(4,5)6)26-21(39)9-10-22(25(26)40)42-27(44)19-14-18(7-8-20(19)36)41-28(45)24-23(33(24,37)38)15-11-16(34)13-17(35)12-15/h7-14,23-24H,1-6H3,(H,41,45)(H,42,44). The van der Waals surface area contributed by atoms with Crippen molar-refractivity contribution in [3.8, 4) is 0 Å². The summed E-state index contributed by atoms with van der Waals surface area (Å²) in [4.78, 5) is 52.8. The summed E-state index contributed by atoms with van der Waals surface area (Å²) in [6.45, 7) is 8.95. The molecule has 2 atom stereocenters. The van der Waals surface area contributed by atoms with Crippen LogP contribution in [0.15, 0.2) is 53.0 Å². The van der Waals surface area contributed by atoms with Gasteiger partial charge in [-0.3, -0.25) is 9.59 Å². The van der Waals surface area contributed by atoms with E-state index in [-0.39, 0.29) is 21.2 Å². The van der Waals surface area contributed by atoms with E-state index < -0.39 is 74.4 Å². The molecule has 9 nitrogen and oxygen atoms in total. The molecule has 2 unspecified atom stereocenters. The van der Waals surface area contributed by atoms with E-state index in [0.29, 0.717) is 15.1 Å². The van der Waals surface area contributed by atoms with E-state index in [1.807, 2.05) is 0 Å². The molecule has 16 heteroatoms. The first kappa shape index (κ1) is 38.6. The van der Waals surface area contributed by atoms with E-state index in [1.54, 1.807) is 18.2 Å². The normalized spacial score (nSPS) is 16.8. The average Bonchev–Trinajstić information content (AvgIpc) is 3.52. The van der Waals surface area contributed by atoms with Gasteiger partial charge in [0.05, 0.1) is 22.2 Å². The number of carbonyl (C=O) groups excluding carboxylic acids is 4. The molecule has 262 valence electrons. The summed E-state index contributed by atoms with van der Waals surface area (Å²) < 4.78 is 40.8. The zero-order valence-electron chi connectivity index (χ0n) is 26.8. The van der Waals surface area contributed by atoms with Crippen LogP contribution in [0.5, 0.6) is 0 Å². The van der Waals surface area contributed by atoms with Crippen LogP contribution in [0.3, 0.4) is 0 Å². The summed E-state index contributed by atoms with van der Waals surface area (Å²) in [7, 11) is 0. The maximum Gasteiger partial charge on any atom is 0.424 e. The predicted molar refractivity (Wildman–Crippen MR) is 189 cm³/mol. The van der Waals surface area contributed by atoms with E-state index in [4.69, 9.17) is 55.9 Å². The largest absolute Gasteiger partial charge is 0.443 e. The molecule has 0 spiro atoms. The Morgan fingerprint density at radius 1 is 0.857 bits per heavy atom. The van der Waals surface area contributed by atoms with Crippen LogP contribution in [0.4, 0.5) is 35.4 Å². The average molecular weight is 824 g/mol. The van der Waals surface area contributed by atoms with Gasteiger partial charge >= 0.3 is 12.2 Å². The number of anilines is 3. The zero-order valence-corrected chi connectivity index (χ0v) is 31.4. The third-order valence-corrected chi connectivity index (χ3v) is 8.70. The number of imide groups is 1. The van der Waals surface area contributed by atoms with Crippen LogP contribution in [0, 0.1) is 17.6 Å². The molecule has 0 aliphatic heterocycles. The highest BCUT2D eigenvalue weighted by molar-refractivity contribution is 9.10. The van der Waals surface area contributed by atoms with Gasteiger partial charge in [0.2, 0.25) is 5.91 Å². The highest BCUT2D eigenvalue weighted by Gasteiger charge is 2.67. The van der Waals surface area contributed by atoms with Crippen LogP contribution in [0.2, 0.25) is 10.0 Å². The highest BCUT2D eigenvalue weighted by Crippen LogP contribution is 2.65. The van der Waals surface area contributed by atoms with E-state index in [0.717, 1.165) is 12.1 Å². The second-order valence-corrected chi connectivity index (χ2v) is 16.2.